The van der Waals surface area contributed by atoms with Crippen LogP contribution in [0.2, 0.25) is 0 Å². The van der Waals surface area contributed by atoms with E-state index in [2.05, 4.69) is 101 Å². The van der Waals surface area contributed by atoms with Gasteiger partial charge in [0.15, 0.2) is 0 Å². The molecule has 1 aliphatic rings. The molecule has 0 atom stereocenters. The number of anilines is 1. The van der Waals surface area contributed by atoms with Crippen LogP contribution in [-0.2, 0) is 11.2 Å². The average molecular weight is 554 g/mol. The summed E-state index contributed by atoms with van der Waals surface area (Å²) in [5, 5.41) is 0.908. The highest BCUT2D eigenvalue weighted by molar-refractivity contribution is 7.09. The van der Waals surface area contributed by atoms with Crippen LogP contribution in [0.15, 0.2) is 91.0 Å². The predicted molar refractivity (Wildman–Crippen MR) is 164 cm³/mol. The third-order valence-corrected chi connectivity index (χ3v) is 8.19. The van der Waals surface area contributed by atoms with Crippen molar-refractivity contribution in [2.75, 3.05) is 44.2 Å². The topological polar surface area (TPSA) is 52.6 Å². The number of piperazine rings is 1. The van der Waals surface area contributed by atoms with E-state index in [1.165, 1.54) is 28.2 Å². The number of amides is 1. The summed E-state index contributed by atoms with van der Waals surface area (Å²) in [7, 11) is 0. The molecule has 1 fully saturated rings. The summed E-state index contributed by atoms with van der Waals surface area (Å²) in [6, 6.07) is 31.9. The molecule has 208 valence electrons. The molecule has 40 heavy (non-hydrogen) atoms. The summed E-state index contributed by atoms with van der Waals surface area (Å²) in [5.41, 5.74) is 3.79. The maximum absolute atomic E-state index is 13.3. The zero-order chi connectivity index (χ0) is 27.7. The van der Waals surface area contributed by atoms with E-state index in [0.717, 1.165) is 50.1 Å². The minimum atomic E-state index is 0.198. The summed E-state index contributed by atoms with van der Waals surface area (Å²) in [6.45, 7) is 9.14. The van der Waals surface area contributed by atoms with Gasteiger partial charge in [-0.25, -0.2) is 4.98 Å². The van der Waals surface area contributed by atoms with Gasteiger partial charge in [-0.15, -0.1) is 0 Å². The Bertz CT molecular complexity index is 1280. The van der Waals surface area contributed by atoms with Gasteiger partial charge in [-0.2, -0.15) is 4.37 Å². The highest BCUT2D eigenvalue weighted by Crippen LogP contribution is 2.29. The lowest BCUT2D eigenvalue weighted by Gasteiger charge is -2.40. The van der Waals surface area contributed by atoms with E-state index in [0.29, 0.717) is 18.9 Å². The zero-order valence-electron chi connectivity index (χ0n) is 23.5. The molecule has 3 aromatic carbocycles. The van der Waals surface area contributed by atoms with Crippen LogP contribution >= 0.6 is 11.5 Å². The normalized spacial score (nSPS) is 14.2. The molecule has 2 heterocycles. The van der Waals surface area contributed by atoms with Gasteiger partial charge in [-0.05, 0) is 22.6 Å². The lowest BCUT2D eigenvalue weighted by molar-refractivity contribution is -0.133. The first-order chi connectivity index (χ1) is 19.6. The van der Waals surface area contributed by atoms with E-state index in [1.54, 1.807) is 0 Å². The lowest BCUT2D eigenvalue weighted by atomic mass is 9.96. The van der Waals surface area contributed by atoms with Crippen LogP contribution in [0.4, 0.5) is 5.13 Å². The second kappa shape index (κ2) is 13.7. The van der Waals surface area contributed by atoms with Crippen LogP contribution < -0.4 is 4.90 Å². The van der Waals surface area contributed by atoms with Crippen molar-refractivity contribution < 1.29 is 4.79 Å². The van der Waals surface area contributed by atoms with Crippen LogP contribution in [0.5, 0.6) is 0 Å². The van der Waals surface area contributed by atoms with Gasteiger partial charge in [0.05, 0.1) is 6.04 Å². The van der Waals surface area contributed by atoms with E-state index >= 15 is 0 Å². The van der Waals surface area contributed by atoms with Gasteiger partial charge in [-0.1, -0.05) is 105 Å². The minimum absolute atomic E-state index is 0.198. The van der Waals surface area contributed by atoms with E-state index in [4.69, 9.17) is 4.98 Å². The number of benzene rings is 3. The number of nitrogens with zero attached hydrogens (tertiary/aromatic N) is 5. The van der Waals surface area contributed by atoms with Crippen LogP contribution in [-0.4, -0.2) is 64.3 Å². The van der Waals surface area contributed by atoms with Crippen molar-refractivity contribution in [3.63, 3.8) is 0 Å². The lowest BCUT2D eigenvalue weighted by Crippen LogP contribution is -2.50. The largest absolute Gasteiger partial charge is 0.346 e. The van der Waals surface area contributed by atoms with Crippen LogP contribution in [0.1, 0.15) is 48.8 Å². The molecule has 1 aliphatic heterocycles. The molecule has 0 N–H and O–H groups in total. The summed E-state index contributed by atoms with van der Waals surface area (Å²) in [5.74, 6) is 1.53. The van der Waals surface area contributed by atoms with Crippen molar-refractivity contribution in [1.82, 2.24) is 19.2 Å². The molecule has 7 heteroatoms. The third kappa shape index (κ3) is 7.34. The Morgan fingerprint density at radius 1 is 0.850 bits per heavy atom. The molecule has 5 rings (SSSR count). The number of rotatable bonds is 11. The molecule has 0 saturated carbocycles. The first kappa shape index (κ1) is 28.0. The van der Waals surface area contributed by atoms with Gasteiger partial charge in [-0.3, -0.25) is 9.69 Å². The molecule has 1 aromatic heterocycles. The Morgan fingerprint density at radius 3 is 2.00 bits per heavy atom. The quantitative estimate of drug-likeness (QED) is 0.231. The fraction of sp³-hybridized carbons (Fsp3) is 0.364. The fourth-order valence-corrected chi connectivity index (χ4v) is 6.15. The van der Waals surface area contributed by atoms with Gasteiger partial charge in [0.1, 0.15) is 5.82 Å². The summed E-state index contributed by atoms with van der Waals surface area (Å²) < 4.78 is 4.62. The third-order valence-electron chi connectivity index (χ3n) is 7.38. The highest BCUT2D eigenvalue weighted by Gasteiger charge is 2.28. The molecule has 1 saturated heterocycles. The number of aromatic nitrogens is 2. The number of carbonyl (C=O) groups excluding carboxylic acids is 1. The van der Waals surface area contributed by atoms with Crippen LogP contribution in [0.3, 0.4) is 0 Å². The highest BCUT2D eigenvalue weighted by atomic mass is 32.1. The fourth-order valence-electron chi connectivity index (χ4n) is 5.43. The number of hydrogen-bond donors (Lipinski definition) is 0. The first-order valence-corrected chi connectivity index (χ1v) is 15.1. The molecular weight excluding hydrogens is 514 g/mol. The van der Waals surface area contributed by atoms with Gasteiger partial charge in [0.25, 0.3) is 0 Å². The maximum atomic E-state index is 13.3. The van der Waals surface area contributed by atoms with E-state index in [1.807, 2.05) is 23.1 Å². The Kier molecular flexibility index (Phi) is 9.58. The standard InChI is InChI=1S/C33H39N5OS/c1-26(2)25-38(33-34-30(35-40-33)24-27-12-6-3-7-13-27)19-18-31(39)36-20-22-37(23-21-36)32(28-14-8-4-9-15-28)29-16-10-5-11-17-29/h3-17,26,32H,18-25H2,1-2H3. The van der Waals surface area contributed by atoms with Gasteiger partial charge >= 0.3 is 0 Å². The Labute approximate surface area is 242 Å². The summed E-state index contributed by atoms with van der Waals surface area (Å²) in [4.78, 5) is 25.0. The molecular formula is C33H39N5OS. The molecule has 0 spiro atoms. The van der Waals surface area contributed by atoms with Crippen LogP contribution in [0, 0.1) is 5.92 Å². The van der Waals surface area contributed by atoms with Gasteiger partial charge < -0.3 is 9.80 Å². The monoisotopic (exact) mass is 553 g/mol. The molecule has 1 amide bonds. The first-order valence-electron chi connectivity index (χ1n) is 14.3. The minimum Gasteiger partial charge on any atom is -0.346 e. The van der Waals surface area contributed by atoms with E-state index in [9.17, 15) is 4.79 Å². The molecule has 0 aliphatic carbocycles. The molecule has 0 radical (unpaired) electrons. The van der Waals surface area contributed by atoms with Crippen molar-refractivity contribution in [2.24, 2.45) is 5.92 Å². The number of hydrogen-bond acceptors (Lipinski definition) is 6. The van der Waals surface area contributed by atoms with Crippen molar-refractivity contribution in [1.29, 1.82) is 0 Å². The second-order valence-corrected chi connectivity index (χ2v) is 11.6. The molecule has 0 unspecified atom stereocenters. The SMILES string of the molecule is CC(C)CN(CCC(=O)N1CCN(C(c2ccccc2)c2ccccc2)CC1)c1nc(Cc2ccccc2)ns1. The van der Waals surface area contributed by atoms with E-state index in [-0.39, 0.29) is 11.9 Å². The van der Waals surface area contributed by atoms with Crippen LogP contribution in [0.25, 0.3) is 0 Å². The molecule has 6 nitrogen and oxygen atoms in total. The van der Waals surface area contributed by atoms with Gasteiger partial charge in [0, 0.05) is 63.6 Å². The summed E-state index contributed by atoms with van der Waals surface area (Å²) in [6.07, 6.45) is 1.21. The van der Waals surface area contributed by atoms with E-state index < -0.39 is 0 Å². The second-order valence-electron chi connectivity index (χ2n) is 10.9. The molecule has 4 aromatic rings. The smallest absolute Gasteiger partial charge is 0.224 e. The Hall–Kier alpha value is -3.55. The van der Waals surface area contributed by atoms with Crippen molar-refractivity contribution >= 4 is 22.6 Å². The van der Waals surface area contributed by atoms with Crippen molar-refractivity contribution in [3.8, 4) is 0 Å². The van der Waals surface area contributed by atoms with Crippen molar-refractivity contribution in [3.05, 3.63) is 114 Å². The maximum Gasteiger partial charge on any atom is 0.224 e. The number of carbonyl (C=O) groups is 1. The average Bonchev–Trinajstić information content (AvgIpc) is 3.45. The zero-order valence-corrected chi connectivity index (χ0v) is 24.3. The van der Waals surface area contributed by atoms with Crippen molar-refractivity contribution in [2.45, 2.75) is 32.7 Å². The Morgan fingerprint density at radius 2 is 1.43 bits per heavy atom. The Balaban J connectivity index is 1.18. The molecule has 0 bridgehead atoms. The summed E-state index contributed by atoms with van der Waals surface area (Å²) >= 11 is 1.44. The predicted octanol–water partition coefficient (Wildman–Crippen LogP) is 5.92. The van der Waals surface area contributed by atoms with Gasteiger partial charge in [0.2, 0.25) is 11.0 Å².